The number of rotatable bonds is 11. The second kappa shape index (κ2) is 10.6. The van der Waals surface area contributed by atoms with Gasteiger partial charge in [0.15, 0.2) is 0 Å². The summed E-state index contributed by atoms with van der Waals surface area (Å²) in [5, 5.41) is 0. The van der Waals surface area contributed by atoms with Gasteiger partial charge >= 0.3 is 0 Å². The molecule has 0 aromatic rings. The molecule has 0 aliphatic rings. The molecule has 0 rings (SSSR count). The Hall–Kier alpha value is -0.0800. The van der Waals surface area contributed by atoms with Crippen LogP contribution in [0, 0.1) is 11.8 Å². The monoisotopic (exact) mass is 284 g/mol. The van der Waals surface area contributed by atoms with Crippen molar-refractivity contribution in [2.75, 3.05) is 26.2 Å². The van der Waals surface area contributed by atoms with Gasteiger partial charge in [0.1, 0.15) is 0 Å². The second-order valence-electron chi connectivity index (χ2n) is 7.21. The Kier molecular flexibility index (Phi) is 10.6. The molecule has 0 aromatic carbocycles. The third kappa shape index (κ3) is 8.26. The summed E-state index contributed by atoms with van der Waals surface area (Å²) in [6.45, 7) is 23.4. The SMILES string of the molecule is CCN(CCN(CC)C(C)CC(C)C)C(C)CC(C)C. The van der Waals surface area contributed by atoms with Gasteiger partial charge in [-0.05, 0) is 51.6 Å². The molecule has 2 heteroatoms. The first-order chi connectivity index (χ1) is 9.31. The molecule has 0 N–H and O–H groups in total. The zero-order valence-corrected chi connectivity index (χ0v) is 15.4. The maximum Gasteiger partial charge on any atom is 0.0112 e. The van der Waals surface area contributed by atoms with E-state index in [-0.39, 0.29) is 0 Å². The quantitative estimate of drug-likeness (QED) is 0.551. The van der Waals surface area contributed by atoms with Crippen molar-refractivity contribution in [3.8, 4) is 0 Å². The summed E-state index contributed by atoms with van der Waals surface area (Å²) in [5.74, 6) is 1.59. The van der Waals surface area contributed by atoms with Gasteiger partial charge in [-0.25, -0.2) is 0 Å². The molecule has 0 fully saturated rings. The zero-order chi connectivity index (χ0) is 15.7. The smallest absolute Gasteiger partial charge is 0.0112 e. The lowest BCUT2D eigenvalue weighted by atomic mass is 10.0. The lowest BCUT2D eigenvalue weighted by molar-refractivity contribution is 0.135. The van der Waals surface area contributed by atoms with Crippen LogP contribution in [0.5, 0.6) is 0 Å². The van der Waals surface area contributed by atoms with Crippen molar-refractivity contribution < 1.29 is 0 Å². The molecule has 2 unspecified atom stereocenters. The van der Waals surface area contributed by atoms with Crippen LogP contribution in [0.2, 0.25) is 0 Å². The van der Waals surface area contributed by atoms with E-state index in [0.29, 0.717) is 12.1 Å². The highest BCUT2D eigenvalue weighted by Gasteiger charge is 2.17. The largest absolute Gasteiger partial charge is 0.300 e. The van der Waals surface area contributed by atoms with E-state index in [1.54, 1.807) is 0 Å². The van der Waals surface area contributed by atoms with Crippen molar-refractivity contribution in [2.45, 2.75) is 80.3 Å². The molecule has 2 nitrogen and oxygen atoms in total. The summed E-state index contributed by atoms with van der Waals surface area (Å²) in [4.78, 5) is 5.29. The van der Waals surface area contributed by atoms with Crippen molar-refractivity contribution in [1.29, 1.82) is 0 Å². The van der Waals surface area contributed by atoms with E-state index in [1.165, 1.54) is 39.0 Å². The molecule has 20 heavy (non-hydrogen) atoms. The molecule has 0 spiro atoms. The molecule has 0 aliphatic carbocycles. The molecule has 0 heterocycles. The molecule has 0 bridgehead atoms. The molecule has 0 amide bonds. The fourth-order valence-electron chi connectivity index (χ4n) is 3.30. The topological polar surface area (TPSA) is 6.48 Å². The molecule has 0 saturated carbocycles. The summed E-state index contributed by atoms with van der Waals surface area (Å²) < 4.78 is 0. The third-order valence-corrected chi connectivity index (χ3v) is 4.36. The molecule has 0 radical (unpaired) electrons. The van der Waals surface area contributed by atoms with E-state index in [9.17, 15) is 0 Å². The van der Waals surface area contributed by atoms with Crippen molar-refractivity contribution in [1.82, 2.24) is 9.80 Å². The van der Waals surface area contributed by atoms with E-state index in [1.807, 2.05) is 0 Å². The molecule has 0 aliphatic heterocycles. The van der Waals surface area contributed by atoms with Gasteiger partial charge in [-0.1, -0.05) is 41.5 Å². The first-order valence-corrected chi connectivity index (χ1v) is 8.79. The predicted molar refractivity (Wildman–Crippen MR) is 92.3 cm³/mol. The minimum Gasteiger partial charge on any atom is -0.300 e. The Morgan fingerprint density at radius 2 is 0.900 bits per heavy atom. The Balaban J connectivity index is 4.30. The van der Waals surface area contributed by atoms with Gasteiger partial charge in [-0.2, -0.15) is 0 Å². The van der Waals surface area contributed by atoms with Crippen LogP contribution < -0.4 is 0 Å². The maximum absolute atomic E-state index is 2.64. The van der Waals surface area contributed by atoms with Gasteiger partial charge in [-0.3, -0.25) is 9.80 Å². The van der Waals surface area contributed by atoms with Crippen LogP contribution in [-0.4, -0.2) is 48.1 Å². The fraction of sp³-hybridized carbons (Fsp3) is 1.00. The average molecular weight is 285 g/mol. The number of nitrogens with zero attached hydrogens (tertiary/aromatic N) is 2. The van der Waals surface area contributed by atoms with Crippen molar-refractivity contribution in [3.05, 3.63) is 0 Å². The van der Waals surface area contributed by atoms with E-state index in [0.717, 1.165) is 11.8 Å². The summed E-state index contributed by atoms with van der Waals surface area (Å²) >= 11 is 0. The Bertz CT molecular complexity index is 201. The molecular weight excluding hydrogens is 244 g/mol. The summed E-state index contributed by atoms with van der Waals surface area (Å²) in [5.41, 5.74) is 0. The van der Waals surface area contributed by atoms with E-state index < -0.39 is 0 Å². The standard InChI is InChI=1S/C18H40N2/c1-9-19(17(7)13-15(3)4)11-12-20(10-2)18(8)14-16(5)6/h15-18H,9-14H2,1-8H3. The van der Waals surface area contributed by atoms with E-state index in [2.05, 4.69) is 65.2 Å². The molecule has 0 saturated heterocycles. The number of hydrogen-bond acceptors (Lipinski definition) is 2. The molecular formula is C18H40N2. The highest BCUT2D eigenvalue weighted by atomic mass is 15.2. The van der Waals surface area contributed by atoms with Crippen molar-refractivity contribution in [3.63, 3.8) is 0 Å². The van der Waals surface area contributed by atoms with Gasteiger partial charge in [0.25, 0.3) is 0 Å². The second-order valence-corrected chi connectivity index (χ2v) is 7.21. The summed E-state index contributed by atoms with van der Waals surface area (Å²) in [6.07, 6.45) is 2.61. The van der Waals surface area contributed by atoms with Crippen LogP contribution in [-0.2, 0) is 0 Å². The molecule has 2 atom stereocenters. The Labute approximate surface area is 128 Å². The Morgan fingerprint density at radius 1 is 0.600 bits per heavy atom. The lowest BCUT2D eigenvalue weighted by Crippen LogP contribution is -2.43. The highest BCUT2D eigenvalue weighted by molar-refractivity contribution is 4.73. The fourth-order valence-corrected chi connectivity index (χ4v) is 3.30. The van der Waals surface area contributed by atoms with Gasteiger partial charge < -0.3 is 0 Å². The average Bonchev–Trinajstić information content (AvgIpc) is 2.32. The molecule has 122 valence electrons. The van der Waals surface area contributed by atoms with Crippen LogP contribution in [0.4, 0.5) is 0 Å². The minimum atomic E-state index is 0.708. The zero-order valence-electron chi connectivity index (χ0n) is 15.4. The van der Waals surface area contributed by atoms with Crippen LogP contribution in [0.15, 0.2) is 0 Å². The number of hydrogen-bond donors (Lipinski definition) is 0. The summed E-state index contributed by atoms with van der Waals surface area (Å²) in [6, 6.07) is 1.42. The van der Waals surface area contributed by atoms with Gasteiger partial charge in [0.05, 0.1) is 0 Å². The van der Waals surface area contributed by atoms with Crippen LogP contribution in [0.25, 0.3) is 0 Å². The van der Waals surface area contributed by atoms with Gasteiger partial charge in [-0.15, -0.1) is 0 Å². The van der Waals surface area contributed by atoms with Crippen LogP contribution in [0.1, 0.15) is 68.2 Å². The highest BCUT2D eigenvalue weighted by Crippen LogP contribution is 2.13. The molecule has 0 aromatic heterocycles. The van der Waals surface area contributed by atoms with E-state index in [4.69, 9.17) is 0 Å². The third-order valence-electron chi connectivity index (χ3n) is 4.36. The normalized spacial score (nSPS) is 15.6. The summed E-state index contributed by atoms with van der Waals surface area (Å²) in [7, 11) is 0. The minimum absolute atomic E-state index is 0.708. The Morgan fingerprint density at radius 3 is 1.10 bits per heavy atom. The van der Waals surface area contributed by atoms with Crippen LogP contribution in [0.3, 0.4) is 0 Å². The van der Waals surface area contributed by atoms with E-state index >= 15 is 0 Å². The van der Waals surface area contributed by atoms with Crippen LogP contribution >= 0.6 is 0 Å². The lowest BCUT2D eigenvalue weighted by Gasteiger charge is -2.34. The first-order valence-electron chi connectivity index (χ1n) is 8.79. The van der Waals surface area contributed by atoms with Gasteiger partial charge in [0, 0.05) is 25.2 Å². The first kappa shape index (κ1) is 19.9. The predicted octanol–water partition coefficient (Wildman–Crippen LogP) is 4.50. The maximum atomic E-state index is 2.64. The van der Waals surface area contributed by atoms with Crippen molar-refractivity contribution in [2.24, 2.45) is 11.8 Å². The number of likely N-dealkylation sites (N-methyl/N-ethyl adjacent to an activating group) is 2. The van der Waals surface area contributed by atoms with Gasteiger partial charge in [0.2, 0.25) is 0 Å². The van der Waals surface area contributed by atoms with Crippen molar-refractivity contribution >= 4 is 0 Å².